The number of halogens is 3. The van der Waals surface area contributed by atoms with E-state index in [0.717, 1.165) is 35.6 Å². The van der Waals surface area contributed by atoms with Crippen molar-refractivity contribution in [2.45, 2.75) is 39.9 Å². The fraction of sp³-hybridized carbons (Fsp3) is 0.360. The highest BCUT2D eigenvalue weighted by Gasteiger charge is 2.30. The quantitative estimate of drug-likeness (QED) is 0.350. The van der Waals surface area contributed by atoms with E-state index in [2.05, 4.69) is 15.7 Å². The molecule has 1 heterocycles. The monoisotopic (exact) mass is 506 g/mol. The summed E-state index contributed by atoms with van der Waals surface area (Å²) in [5.74, 6) is 1.96. The Morgan fingerprint density at radius 3 is 2.46 bits per heavy atom. The predicted octanol–water partition coefficient (Wildman–Crippen LogP) is 5.59. The van der Waals surface area contributed by atoms with Crippen molar-refractivity contribution in [3.05, 3.63) is 70.9 Å². The van der Waals surface area contributed by atoms with E-state index < -0.39 is 11.7 Å². The summed E-state index contributed by atoms with van der Waals surface area (Å²) >= 11 is 5.37. The van der Waals surface area contributed by atoms with Crippen LogP contribution in [0.4, 0.5) is 19.0 Å². The molecule has 0 saturated carbocycles. The van der Waals surface area contributed by atoms with Crippen LogP contribution in [-0.4, -0.2) is 34.7 Å². The summed E-state index contributed by atoms with van der Waals surface area (Å²) in [6.45, 7) is 7.62. The summed E-state index contributed by atoms with van der Waals surface area (Å²) in [7, 11) is 0. The first-order valence-electron chi connectivity index (χ1n) is 11.3. The number of benzene rings is 2. The SMILES string of the molecule is CCOc1ccc(CCNC(=S)Nc2cc(C)n(Cc3cccc(C(F)(F)F)c3)n2)cc1OCC. The van der Waals surface area contributed by atoms with Crippen molar-refractivity contribution in [2.75, 3.05) is 25.1 Å². The van der Waals surface area contributed by atoms with Gasteiger partial charge in [-0.05, 0) is 74.8 Å². The smallest absolute Gasteiger partial charge is 0.416 e. The van der Waals surface area contributed by atoms with Crippen molar-refractivity contribution in [1.82, 2.24) is 15.1 Å². The molecule has 3 aromatic rings. The highest BCUT2D eigenvalue weighted by Crippen LogP contribution is 2.30. The Hall–Kier alpha value is -3.27. The molecule has 1 aromatic heterocycles. The van der Waals surface area contributed by atoms with Crippen LogP contribution >= 0.6 is 12.2 Å². The van der Waals surface area contributed by atoms with Gasteiger partial charge in [-0.15, -0.1) is 0 Å². The van der Waals surface area contributed by atoms with Gasteiger partial charge in [-0.2, -0.15) is 18.3 Å². The lowest BCUT2D eigenvalue weighted by Gasteiger charge is -2.13. The fourth-order valence-corrected chi connectivity index (χ4v) is 3.69. The van der Waals surface area contributed by atoms with Crippen LogP contribution in [0.3, 0.4) is 0 Å². The predicted molar refractivity (Wildman–Crippen MR) is 134 cm³/mol. The first-order chi connectivity index (χ1) is 16.7. The highest BCUT2D eigenvalue weighted by molar-refractivity contribution is 7.80. The number of anilines is 1. The minimum Gasteiger partial charge on any atom is -0.490 e. The lowest BCUT2D eigenvalue weighted by molar-refractivity contribution is -0.137. The number of aromatic nitrogens is 2. The van der Waals surface area contributed by atoms with Gasteiger partial charge in [0.05, 0.1) is 25.3 Å². The molecule has 3 rings (SSSR count). The molecule has 35 heavy (non-hydrogen) atoms. The number of nitrogens with zero attached hydrogens (tertiary/aromatic N) is 2. The van der Waals surface area contributed by atoms with E-state index >= 15 is 0 Å². The molecular formula is C25H29F3N4O2S. The summed E-state index contributed by atoms with van der Waals surface area (Å²) in [6, 6.07) is 12.9. The lowest BCUT2D eigenvalue weighted by atomic mass is 10.1. The Bertz CT molecular complexity index is 1150. The van der Waals surface area contributed by atoms with Crippen molar-refractivity contribution >= 4 is 23.1 Å². The van der Waals surface area contributed by atoms with E-state index in [0.29, 0.717) is 42.0 Å². The molecule has 0 aliphatic carbocycles. The first kappa shape index (κ1) is 26.3. The van der Waals surface area contributed by atoms with E-state index in [1.54, 1.807) is 16.8 Å². The van der Waals surface area contributed by atoms with Gasteiger partial charge in [0.2, 0.25) is 0 Å². The molecule has 2 N–H and O–H groups in total. The first-order valence-corrected chi connectivity index (χ1v) is 11.7. The number of ether oxygens (including phenoxy) is 2. The Morgan fingerprint density at radius 1 is 1.00 bits per heavy atom. The van der Waals surface area contributed by atoms with Crippen LogP contribution in [0.15, 0.2) is 48.5 Å². The van der Waals surface area contributed by atoms with Crippen LogP contribution in [0.1, 0.15) is 36.2 Å². The zero-order valence-corrected chi connectivity index (χ0v) is 20.7. The van der Waals surface area contributed by atoms with Gasteiger partial charge in [-0.1, -0.05) is 18.2 Å². The van der Waals surface area contributed by atoms with Crippen LogP contribution in [0.2, 0.25) is 0 Å². The molecule has 188 valence electrons. The van der Waals surface area contributed by atoms with Crippen molar-refractivity contribution < 1.29 is 22.6 Å². The Balaban J connectivity index is 1.54. The molecule has 0 amide bonds. The third kappa shape index (κ3) is 7.61. The maximum Gasteiger partial charge on any atom is 0.416 e. The Morgan fingerprint density at radius 2 is 1.74 bits per heavy atom. The zero-order valence-electron chi connectivity index (χ0n) is 19.9. The third-order valence-electron chi connectivity index (χ3n) is 5.12. The molecule has 0 atom stereocenters. The molecule has 0 spiro atoms. The van der Waals surface area contributed by atoms with E-state index in [-0.39, 0.29) is 6.54 Å². The number of thiocarbonyl (C=S) groups is 1. The fourth-order valence-electron chi connectivity index (χ4n) is 3.48. The van der Waals surface area contributed by atoms with Crippen LogP contribution in [0, 0.1) is 6.92 Å². The molecule has 0 radical (unpaired) electrons. The third-order valence-corrected chi connectivity index (χ3v) is 5.36. The summed E-state index contributed by atoms with van der Waals surface area (Å²) < 4.78 is 51.8. The maximum absolute atomic E-state index is 13.0. The van der Waals surface area contributed by atoms with Crippen LogP contribution in [0.25, 0.3) is 0 Å². The number of alkyl halides is 3. The molecule has 0 saturated heterocycles. The maximum atomic E-state index is 13.0. The van der Waals surface area contributed by atoms with Crippen LogP contribution in [0.5, 0.6) is 11.5 Å². The number of hydrogen-bond acceptors (Lipinski definition) is 4. The molecule has 0 bridgehead atoms. The molecule has 0 fully saturated rings. The van der Waals surface area contributed by atoms with E-state index in [1.807, 2.05) is 39.0 Å². The largest absolute Gasteiger partial charge is 0.490 e. The summed E-state index contributed by atoms with van der Waals surface area (Å²) in [6.07, 6.45) is -3.66. The van der Waals surface area contributed by atoms with E-state index in [4.69, 9.17) is 21.7 Å². The van der Waals surface area contributed by atoms with Crippen molar-refractivity contribution in [2.24, 2.45) is 0 Å². The average molecular weight is 507 g/mol. The second-order valence-corrected chi connectivity index (χ2v) is 8.21. The standard InChI is InChI=1S/C25H29F3N4O2S/c1-4-33-21-10-9-18(15-22(21)34-5-2)11-12-29-24(35)30-23-13-17(3)32(31-23)16-19-7-6-8-20(14-19)25(26,27)28/h6-10,13-15H,4-5,11-12,16H2,1-3H3,(H2,29,30,31,35). The number of hydrogen-bond donors (Lipinski definition) is 2. The van der Waals surface area contributed by atoms with Crippen molar-refractivity contribution in [3.8, 4) is 11.5 Å². The van der Waals surface area contributed by atoms with Crippen LogP contribution < -0.4 is 20.1 Å². The van der Waals surface area contributed by atoms with Gasteiger partial charge >= 0.3 is 6.18 Å². The van der Waals surface area contributed by atoms with Gasteiger partial charge in [-0.3, -0.25) is 4.68 Å². The van der Waals surface area contributed by atoms with Gasteiger partial charge in [0.25, 0.3) is 0 Å². The molecular weight excluding hydrogens is 477 g/mol. The molecule has 0 aliphatic rings. The highest BCUT2D eigenvalue weighted by atomic mass is 32.1. The van der Waals surface area contributed by atoms with Crippen molar-refractivity contribution in [1.29, 1.82) is 0 Å². The van der Waals surface area contributed by atoms with Gasteiger partial charge in [0.15, 0.2) is 22.4 Å². The van der Waals surface area contributed by atoms with Gasteiger partial charge in [-0.25, -0.2) is 0 Å². The topological polar surface area (TPSA) is 60.3 Å². The van der Waals surface area contributed by atoms with Crippen molar-refractivity contribution in [3.63, 3.8) is 0 Å². The van der Waals surface area contributed by atoms with Crippen LogP contribution in [-0.2, 0) is 19.1 Å². The van der Waals surface area contributed by atoms with Gasteiger partial charge in [0.1, 0.15) is 0 Å². The average Bonchev–Trinajstić information content (AvgIpc) is 3.13. The normalized spacial score (nSPS) is 11.3. The summed E-state index contributed by atoms with van der Waals surface area (Å²) in [5.41, 5.74) is 1.71. The minimum atomic E-state index is -4.38. The van der Waals surface area contributed by atoms with E-state index in [1.165, 1.54) is 6.07 Å². The minimum absolute atomic E-state index is 0.220. The molecule has 10 heteroatoms. The van der Waals surface area contributed by atoms with Gasteiger partial charge in [0, 0.05) is 18.3 Å². The Labute approximate surface area is 208 Å². The zero-order chi connectivity index (χ0) is 25.4. The summed E-state index contributed by atoms with van der Waals surface area (Å²) in [4.78, 5) is 0. The second kappa shape index (κ2) is 11.9. The number of aryl methyl sites for hydroxylation is 1. The van der Waals surface area contributed by atoms with Gasteiger partial charge < -0.3 is 20.1 Å². The molecule has 0 unspecified atom stereocenters. The number of nitrogens with one attached hydrogen (secondary N) is 2. The lowest BCUT2D eigenvalue weighted by Crippen LogP contribution is -2.30. The Kier molecular flexibility index (Phi) is 8.97. The molecule has 2 aromatic carbocycles. The number of rotatable bonds is 10. The second-order valence-electron chi connectivity index (χ2n) is 7.80. The van der Waals surface area contributed by atoms with E-state index in [9.17, 15) is 13.2 Å². The molecule has 6 nitrogen and oxygen atoms in total. The summed E-state index contributed by atoms with van der Waals surface area (Å²) in [5, 5.41) is 11.0. The molecule has 0 aliphatic heterocycles.